The third-order valence-corrected chi connectivity index (χ3v) is 8.59. The highest BCUT2D eigenvalue weighted by Crippen LogP contribution is 2.47. The largest absolute Gasteiger partial charge is 0.469 e. The van der Waals surface area contributed by atoms with Gasteiger partial charge in [-0.1, -0.05) is 92.7 Å². The zero-order valence-electron chi connectivity index (χ0n) is 24.3. The Morgan fingerprint density at radius 2 is 1.43 bits per heavy atom. The Morgan fingerprint density at radius 3 is 2.00 bits per heavy atom. The van der Waals surface area contributed by atoms with Crippen molar-refractivity contribution in [2.75, 3.05) is 7.11 Å². The van der Waals surface area contributed by atoms with Gasteiger partial charge in [-0.25, -0.2) is 9.65 Å². The number of ketones is 1. The van der Waals surface area contributed by atoms with Crippen molar-refractivity contribution in [3.63, 3.8) is 0 Å². The number of para-hydroxylation sites is 1. The molecule has 0 amide bonds. The highest BCUT2D eigenvalue weighted by atomic mass is 31.2. The normalized spacial score (nSPS) is 13.2. The monoisotopic (exact) mass is 590 g/mol. The van der Waals surface area contributed by atoms with E-state index in [1.54, 1.807) is 0 Å². The molecule has 9 heteroatoms. The summed E-state index contributed by atoms with van der Waals surface area (Å²) in [6.07, 6.45) is 2.47. The lowest BCUT2D eigenvalue weighted by molar-refractivity contribution is -0.147. The molecule has 1 unspecified atom stereocenters. The highest BCUT2D eigenvalue weighted by molar-refractivity contribution is 7.51. The number of nitrogens with one attached hydrogen (secondary N) is 2. The third kappa shape index (κ3) is 8.97. The van der Waals surface area contributed by atoms with Gasteiger partial charge in [-0.2, -0.15) is 0 Å². The Morgan fingerprint density at radius 1 is 0.857 bits per heavy atom. The molecular formula is C33H39N2O6P. The van der Waals surface area contributed by atoms with Gasteiger partial charge in [0.15, 0.2) is 5.78 Å². The number of fused-ring (bicyclic) bond motifs is 1. The van der Waals surface area contributed by atoms with Crippen LogP contribution in [-0.2, 0) is 47.6 Å². The quantitative estimate of drug-likeness (QED) is 0.107. The summed E-state index contributed by atoms with van der Waals surface area (Å²) in [5.74, 6) is -1.35. The van der Waals surface area contributed by atoms with Crippen molar-refractivity contribution < 1.29 is 27.9 Å². The van der Waals surface area contributed by atoms with E-state index < -0.39 is 25.7 Å². The minimum absolute atomic E-state index is 0.0356. The lowest BCUT2D eigenvalue weighted by atomic mass is 9.90. The molecule has 0 aliphatic rings. The van der Waals surface area contributed by atoms with E-state index >= 15 is 0 Å². The van der Waals surface area contributed by atoms with E-state index in [-0.39, 0.29) is 31.3 Å². The molecule has 4 aromatic rings. The molecule has 0 bridgehead atoms. The van der Waals surface area contributed by atoms with E-state index in [0.29, 0.717) is 12.8 Å². The SMILES string of the molecule is COC(=O)C(CC(=O)[C@H](CC(C)C)NP(=O)(OCc1ccccc1)OCc1ccccc1)Cc1c[nH]c2ccccc12. The molecule has 0 saturated heterocycles. The van der Waals surface area contributed by atoms with Gasteiger partial charge in [0.05, 0.1) is 32.3 Å². The predicted molar refractivity (Wildman–Crippen MR) is 164 cm³/mol. The minimum Gasteiger partial charge on any atom is -0.469 e. The number of ether oxygens (including phenoxy) is 1. The van der Waals surface area contributed by atoms with Crippen LogP contribution in [0.25, 0.3) is 10.9 Å². The summed E-state index contributed by atoms with van der Waals surface area (Å²) in [6, 6.07) is 25.7. The molecule has 222 valence electrons. The molecule has 2 atom stereocenters. The number of aromatic nitrogens is 1. The smallest absolute Gasteiger partial charge is 0.406 e. The van der Waals surface area contributed by atoms with Crippen LogP contribution >= 0.6 is 7.75 Å². The van der Waals surface area contributed by atoms with E-state index in [1.807, 2.05) is 105 Å². The zero-order chi connectivity index (χ0) is 30.0. The number of H-pyrrole nitrogens is 1. The molecular weight excluding hydrogens is 551 g/mol. The molecule has 42 heavy (non-hydrogen) atoms. The molecule has 2 N–H and O–H groups in total. The Labute approximate surface area is 247 Å². The number of benzene rings is 3. The summed E-state index contributed by atoms with van der Waals surface area (Å²) in [5.41, 5.74) is 3.51. The van der Waals surface area contributed by atoms with Crippen molar-refractivity contribution in [1.29, 1.82) is 0 Å². The number of esters is 1. The molecule has 8 nitrogen and oxygen atoms in total. The molecule has 0 fully saturated rings. The van der Waals surface area contributed by atoms with Crippen molar-refractivity contribution in [3.05, 3.63) is 108 Å². The fourth-order valence-corrected chi connectivity index (χ4v) is 6.35. The number of carbonyl (C=O) groups is 2. The second kappa shape index (κ2) is 15.1. The van der Waals surface area contributed by atoms with Gasteiger partial charge < -0.3 is 9.72 Å². The standard InChI is InChI=1S/C33H39N2O6P/c1-24(2)18-31(32(36)20-27(33(37)39-3)19-28-21-34-30-17-11-10-16-29(28)30)35-42(38,40-22-25-12-6-4-7-13-25)41-23-26-14-8-5-9-15-26/h4-17,21,24,27,31,34H,18-20,22-23H2,1-3H3,(H,35,38)/t27?,31-/m0/s1. The summed E-state index contributed by atoms with van der Waals surface area (Å²) in [7, 11) is -2.65. The molecule has 0 aliphatic carbocycles. The fraction of sp³-hybridized carbons (Fsp3) is 0.333. The first-order chi connectivity index (χ1) is 20.3. The van der Waals surface area contributed by atoms with Crippen molar-refractivity contribution in [2.45, 2.75) is 52.4 Å². The topological polar surface area (TPSA) is 107 Å². The van der Waals surface area contributed by atoms with Gasteiger partial charge in [-0.15, -0.1) is 0 Å². The first-order valence-corrected chi connectivity index (χ1v) is 15.7. The molecule has 0 saturated carbocycles. The van der Waals surface area contributed by atoms with Crippen LogP contribution in [0.15, 0.2) is 91.1 Å². The number of methoxy groups -OCH3 is 1. The highest BCUT2D eigenvalue weighted by Gasteiger charge is 2.35. The van der Waals surface area contributed by atoms with Crippen molar-refractivity contribution in [1.82, 2.24) is 10.1 Å². The van der Waals surface area contributed by atoms with Crippen LogP contribution in [0, 0.1) is 11.8 Å². The molecule has 0 spiro atoms. The predicted octanol–water partition coefficient (Wildman–Crippen LogP) is 7.00. The second-order valence-electron chi connectivity index (χ2n) is 10.8. The van der Waals surface area contributed by atoms with E-state index in [4.69, 9.17) is 13.8 Å². The molecule has 1 aromatic heterocycles. The van der Waals surface area contributed by atoms with Crippen molar-refractivity contribution in [3.8, 4) is 0 Å². The van der Waals surface area contributed by atoms with Crippen LogP contribution in [0.1, 0.15) is 43.4 Å². The maximum Gasteiger partial charge on any atom is 0.406 e. The Kier molecular flexibility index (Phi) is 11.3. The van der Waals surface area contributed by atoms with Gasteiger partial charge in [0.25, 0.3) is 0 Å². The van der Waals surface area contributed by atoms with Gasteiger partial charge in [0, 0.05) is 23.5 Å². The van der Waals surface area contributed by atoms with Crippen LogP contribution in [-0.4, -0.2) is 29.9 Å². The lowest BCUT2D eigenvalue weighted by Crippen LogP contribution is -2.39. The average Bonchev–Trinajstić information content (AvgIpc) is 3.41. The van der Waals surface area contributed by atoms with Gasteiger partial charge >= 0.3 is 13.7 Å². The minimum atomic E-state index is -3.97. The first-order valence-electron chi connectivity index (χ1n) is 14.2. The van der Waals surface area contributed by atoms with Gasteiger partial charge in [-0.05, 0) is 41.5 Å². The number of Topliss-reactive ketones (excluding diaryl/α,β-unsaturated/α-hetero) is 1. The Balaban J connectivity index is 1.54. The van der Waals surface area contributed by atoms with Crippen LogP contribution in [0.2, 0.25) is 0 Å². The number of hydrogen-bond donors (Lipinski definition) is 2. The summed E-state index contributed by atoms with van der Waals surface area (Å²) >= 11 is 0. The van der Waals surface area contributed by atoms with E-state index in [2.05, 4.69) is 10.1 Å². The van der Waals surface area contributed by atoms with Crippen LogP contribution in [0.4, 0.5) is 0 Å². The average molecular weight is 591 g/mol. The molecule has 0 aliphatic heterocycles. The van der Waals surface area contributed by atoms with Crippen molar-refractivity contribution in [2.24, 2.45) is 11.8 Å². The fourth-order valence-electron chi connectivity index (χ4n) is 4.85. The number of rotatable bonds is 16. The summed E-state index contributed by atoms with van der Waals surface area (Å²) in [6.45, 7) is 4.03. The lowest BCUT2D eigenvalue weighted by Gasteiger charge is -2.27. The number of carbonyl (C=O) groups excluding carboxylic acids is 2. The summed E-state index contributed by atoms with van der Waals surface area (Å²) < 4.78 is 31.0. The maximum atomic E-state index is 14.1. The van der Waals surface area contributed by atoms with Gasteiger partial charge in [-0.3, -0.25) is 18.6 Å². The Hall–Kier alpha value is -3.55. The Bertz CT molecular complexity index is 1440. The molecule has 0 radical (unpaired) electrons. The number of hydrogen-bond acceptors (Lipinski definition) is 6. The zero-order valence-corrected chi connectivity index (χ0v) is 25.2. The summed E-state index contributed by atoms with van der Waals surface area (Å²) in [4.78, 5) is 29.9. The van der Waals surface area contributed by atoms with Gasteiger partial charge in [0.2, 0.25) is 0 Å². The maximum absolute atomic E-state index is 14.1. The number of aromatic amines is 1. The van der Waals surface area contributed by atoms with Gasteiger partial charge in [0.1, 0.15) is 0 Å². The van der Waals surface area contributed by atoms with E-state index in [0.717, 1.165) is 27.6 Å². The van der Waals surface area contributed by atoms with E-state index in [9.17, 15) is 14.2 Å². The van der Waals surface area contributed by atoms with Crippen LogP contribution < -0.4 is 5.09 Å². The van der Waals surface area contributed by atoms with Crippen LogP contribution in [0.3, 0.4) is 0 Å². The second-order valence-corrected chi connectivity index (χ2v) is 12.6. The molecule has 3 aromatic carbocycles. The van der Waals surface area contributed by atoms with Crippen LogP contribution in [0.5, 0.6) is 0 Å². The molecule has 1 heterocycles. The molecule has 4 rings (SSSR count). The third-order valence-electron chi connectivity index (χ3n) is 7.02. The van der Waals surface area contributed by atoms with Crippen molar-refractivity contribution >= 4 is 30.4 Å². The summed E-state index contributed by atoms with van der Waals surface area (Å²) in [5, 5.41) is 3.95. The first kappa shape index (κ1) is 31.4. The van der Waals surface area contributed by atoms with E-state index in [1.165, 1.54) is 7.11 Å².